The van der Waals surface area contributed by atoms with Gasteiger partial charge in [-0.15, -0.1) is 0 Å². The molecular formula is C15H10N2O2. The zero-order valence-electron chi connectivity index (χ0n) is 9.98. The van der Waals surface area contributed by atoms with Gasteiger partial charge < -0.3 is 0 Å². The van der Waals surface area contributed by atoms with Gasteiger partial charge in [-0.05, 0) is 23.3 Å². The van der Waals surface area contributed by atoms with Gasteiger partial charge in [-0.2, -0.15) is 9.98 Å². The van der Waals surface area contributed by atoms with Crippen LogP contribution in [0, 0.1) is 0 Å². The van der Waals surface area contributed by atoms with E-state index in [0.29, 0.717) is 5.69 Å². The summed E-state index contributed by atoms with van der Waals surface area (Å²) in [5.74, 6) is 0. The number of hydrogen-bond acceptors (Lipinski definition) is 4. The van der Waals surface area contributed by atoms with Crippen LogP contribution in [0.1, 0.15) is 17.2 Å². The van der Waals surface area contributed by atoms with Crippen LogP contribution in [0.2, 0.25) is 0 Å². The average molecular weight is 250 g/mol. The molecule has 0 aliphatic heterocycles. The van der Waals surface area contributed by atoms with Crippen molar-refractivity contribution in [1.82, 2.24) is 0 Å². The molecule has 2 aromatic carbocycles. The summed E-state index contributed by atoms with van der Waals surface area (Å²) in [6.07, 6.45) is 3.07. The van der Waals surface area contributed by atoms with E-state index in [-0.39, 0.29) is 0 Å². The van der Waals surface area contributed by atoms with Crippen LogP contribution in [0.25, 0.3) is 0 Å². The molecule has 0 radical (unpaired) electrons. The molecule has 1 unspecified atom stereocenters. The van der Waals surface area contributed by atoms with Crippen LogP contribution in [0.3, 0.4) is 0 Å². The molecule has 2 aromatic rings. The van der Waals surface area contributed by atoms with E-state index in [1.165, 1.54) is 6.08 Å². The van der Waals surface area contributed by atoms with Crippen LogP contribution in [0.15, 0.2) is 64.6 Å². The van der Waals surface area contributed by atoms with Crippen LogP contribution >= 0.6 is 0 Å². The minimum absolute atomic E-state index is 0.444. The van der Waals surface area contributed by atoms with E-state index in [1.807, 2.05) is 36.4 Å². The minimum atomic E-state index is -0.444. The van der Waals surface area contributed by atoms with Crippen molar-refractivity contribution >= 4 is 17.8 Å². The number of isocyanates is 2. The Balaban J connectivity index is 2.48. The normalized spacial score (nSPS) is 10.9. The summed E-state index contributed by atoms with van der Waals surface area (Å²) < 4.78 is 0. The van der Waals surface area contributed by atoms with Gasteiger partial charge in [0, 0.05) is 0 Å². The Kier molecular flexibility index (Phi) is 4.14. The number of carbonyl (C=O) groups excluding carboxylic acids is 2. The van der Waals surface area contributed by atoms with Gasteiger partial charge in [-0.3, -0.25) is 0 Å². The van der Waals surface area contributed by atoms with Gasteiger partial charge in [0.25, 0.3) is 0 Å². The van der Waals surface area contributed by atoms with E-state index in [1.54, 1.807) is 24.3 Å². The summed E-state index contributed by atoms with van der Waals surface area (Å²) in [5, 5.41) is 0. The molecule has 0 aliphatic carbocycles. The molecule has 0 saturated heterocycles. The second kappa shape index (κ2) is 6.22. The molecule has 0 aliphatic rings. The average Bonchev–Trinajstić information content (AvgIpc) is 2.46. The van der Waals surface area contributed by atoms with Crippen LogP contribution in [0.5, 0.6) is 0 Å². The smallest absolute Gasteiger partial charge is 0.211 e. The highest BCUT2D eigenvalue weighted by Gasteiger charge is 2.12. The molecule has 1 atom stereocenters. The number of aliphatic imine (C=N–C) groups is 2. The van der Waals surface area contributed by atoms with E-state index < -0.39 is 6.04 Å². The molecule has 0 saturated carbocycles. The molecule has 4 nitrogen and oxygen atoms in total. The summed E-state index contributed by atoms with van der Waals surface area (Å²) in [6, 6.07) is 15.9. The van der Waals surface area contributed by atoms with Crippen LogP contribution in [-0.2, 0) is 9.59 Å². The highest BCUT2D eigenvalue weighted by Crippen LogP contribution is 2.28. The first-order valence-electron chi connectivity index (χ1n) is 5.65. The molecule has 0 spiro atoms. The Morgan fingerprint density at radius 2 is 1.58 bits per heavy atom. The molecule has 19 heavy (non-hydrogen) atoms. The fourth-order valence-electron chi connectivity index (χ4n) is 1.85. The van der Waals surface area contributed by atoms with Gasteiger partial charge in [0.15, 0.2) is 0 Å². The maximum atomic E-state index is 10.6. The van der Waals surface area contributed by atoms with E-state index in [2.05, 4.69) is 9.98 Å². The van der Waals surface area contributed by atoms with Gasteiger partial charge >= 0.3 is 0 Å². The Labute approximate surface area is 110 Å². The first-order valence-corrected chi connectivity index (χ1v) is 5.65. The largest absolute Gasteiger partial charge is 0.240 e. The zero-order valence-corrected chi connectivity index (χ0v) is 9.98. The van der Waals surface area contributed by atoms with Crippen molar-refractivity contribution in [2.24, 2.45) is 9.98 Å². The summed E-state index contributed by atoms with van der Waals surface area (Å²) >= 11 is 0. The summed E-state index contributed by atoms with van der Waals surface area (Å²) in [4.78, 5) is 28.2. The maximum Gasteiger partial charge on any atom is 0.240 e. The van der Waals surface area contributed by atoms with Crippen molar-refractivity contribution < 1.29 is 9.59 Å². The fourth-order valence-corrected chi connectivity index (χ4v) is 1.85. The van der Waals surface area contributed by atoms with Crippen molar-refractivity contribution in [3.05, 3.63) is 65.7 Å². The summed E-state index contributed by atoms with van der Waals surface area (Å²) in [7, 11) is 0. The van der Waals surface area contributed by atoms with Gasteiger partial charge in [0.05, 0.1) is 5.69 Å². The number of benzene rings is 2. The van der Waals surface area contributed by atoms with E-state index in [4.69, 9.17) is 0 Å². The van der Waals surface area contributed by atoms with Crippen molar-refractivity contribution in [1.29, 1.82) is 0 Å². The first kappa shape index (κ1) is 12.7. The number of nitrogens with zero attached hydrogens (tertiary/aromatic N) is 2. The van der Waals surface area contributed by atoms with Crippen LogP contribution in [-0.4, -0.2) is 12.2 Å². The highest BCUT2D eigenvalue weighted by molar-refractivity contribution is 5.51. The van der Waals surface area contributed by atoms with Crippen LogP contribution in [0.4, 0.5) is 5.69 Å². The standard InChI is InChI=1S/C15H10N2O2/c18-10-16-14-8-4-7-13(9-14)15(17-11-19)12-5-2-1-3-6-12/h1-9,15H. The molecule has 0 fully saturated rings. The topological polar surface area (TPSA) is 58.9 Å². The molecule has 0 N–H and O–H groups in total. The molecule has 2 rings (SSSR count). The van der Waals surface area contributed by atoms with Gasteiger partial charge in [-0.1, -0.05) is 42.5 Å². The Morgan fingerprint density at radius 3 is 2.26 bits per heavy atom. The third-order valence-electron chi connectivity index (χ3n) is 2.66. The number of hydrogen-bond donors (Lipinski definition) is 0. The minimum Gasteiger partial charge on any atom is -0.211 e. The van der Waals surface area contributed by atoms with E-state index in [9.17, 15) is 9.59 Å². The molecule has 0 heterocycles. The summed E-state index contributed by atoms with van der Waals surface area (Å²) in [5.41, 5.74) is 2.12. The van der Waals surface area contributed by atoms with Crippen molar-refractivity contribution in [2.75, 3.05) is 0 Å². The molecule has 0 amide bonds. The van der Waals surface area contributed by atoms with E-state index in [0.717, 1.165) is 11.1 Å². The maximum absolute atomic E-state index is 10.6. The van der Waals surface area contributed by atoms with Crippen molar-refractivity contribution in [3.8, 4) is 0 Å². The Hall–Kier alpha value is -2.80. The SMILES string of the molecule is O=C=Nc1cccc(C(N=C=O)c2ccccc2)c1. The fraction of sp³-hybridized carbons (Fsp3) is 0.0667. The predicted octanol–water partition coefficient (Wildman–Crippen LogP) is 3.08. The second-order valence-electron chi connectivity index (χ2n) is 3.83. The molecular weight excluding hydrogens is 240 g/mol. The van der Waals surface area contributed by atoms with Crippen molar-refractivity contribution in [3.63, 3.8) is 0 Å². The quantitative estimate of drug-likeness (QED) is 0.618. The molecule has 4 heteroatoms. The highest BCUT2D eigenvalue weighted by atomic mass is 16.1. The monoisotopic (exact) mass is 250 g/mol. The van der Waals surface area contributed by atoms with Crippen LogP contribution < -0.4 is 0 Å². The third kappa shape index (κ3) is 3.11. The Morgan fingerprint density at radius 1 is 0.842 bits per heavy atom. The first-order chi connectivity index (χ1) is 9.35. The lowest BCUT2D eigenvalue weighted by molar-refractivity contribution is 0.560. The lowest BCUT2D eigenvalue weighted by Crippen LogP contribution is -1.97. The molecule has 0 bridgehead atoms. The lowest BCUT2D eigenvalue weighted by atomic mass is 9.99. The van der Waals surface area contributed by atoms with E-state index >= 15 is 0 Å². The third-order valence-corrected chi connectivity index (χ3v) is 2.66. The summed E-state index contributed by atoms with van der Waals surface area (Å²) in [6.45, 7) is 0. The second-order valence-corrected chi connectivity index (χ2v) is 3.83. The molecule has 0 aromatic heterocycles. The predicted molar refractivity (Wildman–Crippen MR) is 70.6 cm³/mol. The zero-order chi connectivity index (χ0) is 13.5. The lowest BCUT2D eigenvalue weighted by Gasteiger charge is -2.11. The number of rotatable bonds is 4. The Bertz CT molecular complexity index is 655. The van der Waals surface area contributed by atoms with Gasteiger partial charge in [-0.25, -0.2) is 9.59 Å². The molecule has 92 valence electrons. The van der Waals surface area contributed by atoms with Crippen molar-refractivity contribution in [2.45, 2.75) is 6.04 Å². The van der Waals surface area contributed by atoms with Gasteiger partial charge in [0.1, 0.15) is 6.04 Å². The van der Waals surface area contributed by atoms with Gasteiger partial charge in [0.2, 0.25) is 12.2 Å².